The second-order valence-electron chi connectivity index (χ2n) is 8.67. The molecule has 2 heterocycles. The summed E-state index contributed by atoms with van der Waals surface area (Å²) in [7, 11) is 0. The van der Waals surface area contributed by atoms with Gasteiger partial charge in [0, 0.05) is 23.1 Å². The van der Waals surface area contributed by atoms with E-state index in [2.05, 4.69) is 15.3 Å². The van der Waals surface area contributed by atoms with Crippen molar-refractivity contribution >= 4 is 34.8 Å². The maximum atomic E-state index is 13.6. The molecule has 5 rings (SSSR count). The Balaban J connectivity index is 1.72. The fourth-order valence-corrected chi connectivity index (χ4v) is 4.52. The van der Waals surface area contributed by atoms with Crippen LogP contribution in [0.25, 0.3) is 11.0 Å². The number of alkyl halides is 3. The van der Waals surface area contributed by atoms with Gasteiger partial charge in [-0.3, -0.25) is 19.8 Å². The van der Waals surface area contributed by atoms with Crippen molar-refractivity contribution in [3.05, 3.63) is 95.1 Å². The molecule has 0 spiro atoms. The third-order valence-electron chi connectivity index (χ3n) is 6.26. The zero-order valence-corrected chi connectivity index (χ0v) is 20.0. The zero-order valence-electron chi connectivity index (χ0n) is 20.0. The highest BCUT2D eigenvalue weighted by Crippen LogP contribution is 2.47. The quantitative estimate of drug-likeness (QED) is 0.352. The van der Waals surface area contributed by atoms with Crippen LogP contribution in [0.2, 0.25) is 0 Å². The van der Waals surface area contributed by atoms with Gasteiger partial charge >= 0.3 is 12.1 Å². The molecule has 0 radical (unpaired) electrons. The summed E-state index contributed by atoms with van der Waals surface area (Å²) in [6.45, 7) is 1.53. The van der Waals surface area contributed by atoms with Gasteiger partial charge in [-0.15, -0.1) is 0 Å². The van der Waals surface area contributed by atoms with E-state index < -0.39 is 23.8 Å². The second kappa shape index (κ2) is 9.33. The van der Waals surface area contributed by atoms with Gasteiger partial charge in [0.15, 0.2) is 0 Å². The standard InChI is InChI=1S/C27H21F3N4O4/c1-2-22(35)33-25-31-20-13-12-17(14-21(20)32-25)26(38-24(37)27(28,29)30)19-11-7-6-10-18(19)23(36)34(26)15-16-8-4-3-5-9-16/h3-14H,2,15H2,1H3,(H2,31,32,33,35). The van der Waals surface area contributed by atoms with Crippen molar-refractivity contribution in [1.29, 1.82) is 0 Å². The predicted octanol–water partition coefficient (Wildman–Crippen LogP) is 4.87. The molecule has 0 saturated heterocycles. The average Bonchev–Trinajstić information content (AvgIpc) is 3.40. The summed E-state index contributed by atoms with van der Waals surface area (Å²) in [6.07, 6.45) is -5.10. The summed E-state index contributed by atoms with van der Waals surface area (Å²) in [5.74, 6) is -3.19. The van der Waals surface area contributed by atoms with Gasteiger partial charge in [-0.2, -0.15) is 13.2 Å². The van der Waals surface area contributed by atoms with E-state index in [1.165, 1.54) is 30.3 Å². The Kier molecular flexibility index (Phi) is 6.14. The minimum atomic E-state index is -5.32. The number of halogens is 3. The smallest absolute Gasteiger partial charge is 0.423 e. The van der Waals surface area contributed by atoms with Crippen molar-refractivity contribution < 1.29 is 32.3 Å². The number of nitrogens with one attached hydrogen (secondary N) is 2. The van der Waals surface area contributed by atoms with Crippen LogP contribution in [-0.2, 0) is 26.6 Å². The van der Waals surface area contributed by atoms with Crippen molar-refractivity contribution in [2.24, 2.45) is 0 Å². The fourth-order valence-electron chi connectivity index (χ4n) is 4.52. The largest absolute Gasteiger partial charge is 0.491 e. The molecule has 3 aromatic carbocycles. The molecular formula is C27H21F3N4O4. The molecule has 8 nitrogen and oxygen atoms in total. The van der Waals surface area contributed by atoms with Gasteiger partial charge in [-0.05, 0) is 23.8 Å². The number of anilines is 1. The molecule has 1 atom stereocenters. The number of ether oxygens (including phenoxy) is 1. The third-order valence-corrected chi connectivity index (χ3v) is 6.26. The monoisotopic (exact) mass is 522 g/mol. The highest BCUT2D eigenvalue weighted by atomic mass is 19.4. The Bertz CT molecular complexity index is 1550. The number of fused-ring (bicyclic) bond motifs is 2. The first-order chi connectivity index (χ1) is 18.1. The lowest BCUT2D eigenvalue weighted by Crippen LogP contribution is -2.49. The first-order valence-electron chi connectivity index (χ1n) is 11.7. The van der Waals surface area contributed by atoms with Crippen LogP contribution in [0.3, 0.4) is 0 Å². The Labute approximate surface area is 214 Å². The molecule has 0 saturated carbocycles. The molecule has 1 aliphatic rings. The first kappa shape index (κ1) is 25.0. The van der Waals surface area contributed by atoms with Crippen molar-refractivity contribution in [1.82, 2.24) is 14.9 Å². The number of hydrogen-bond donors (Lipinski definition) is 2. The number of esters is 1. The SMILES string of the molecule is CCC(=O)Nc1nc2cc(C3(OC(=O)C(F)(F)F)c4ccccc4C(=O)N3Cc3ccccc3)ccc2[nH]1. The van der Waals surface area contributed by atoms with Gasteiger partial charge in [0.05, 0.1) is 17.6 Å². The number of nitrogens with zero attached hydrogens (tertiary/aromatic N) is 2. The molecule has 194 valence electrons. The summed E-state index contributed by atoms with van der Waals surface area (Å²) < 4.78 is 46.1. The average molecular weight is 522 g/mol. The summed E-state index contributed by atoms with van der Waals surface area (Å²) in [4.78, 5) is 46.2. The van der Waals surface area contributed by atoms with E-state index in [1.807, 2.05) is 0 Å². The normalized spacial score (nSPS) is 16.9. The van der Waals surface area contributed by atoms with E-state index in [0.717, 1.165) is 4.90 Å². The third kappa shape index (κ3) is 4.25. The molecule has 0 aliphatic carbocycles. The molecule has 1 aromatic heterocycles. The van der Waals surface area contributed by atoms with E-state index in [-0.39, 0.29) is 47.0 Å². The maximum absolute atomic E-state index is 13.6. The van der Waals surface area contributed by atoms with Crippen LogP contribution >= 0.6 is 0 Å². The highest BCUT2D eigenvalue weighted by Gasteiger charge is 2.57. The molecule has 11 heteroatoms. The van der Waals surface area contributed by atoms with Crippen molar-refractivity contribution in [3.8, 4) is 0 Å². The molecule has 38 heavy (non-hydrogen) atoms. The number of rotatable bonds is 6. The predicted molar refractivity (Wildman–Crippen MR) is 131 cm³/mol. The molecule has 1 aliphatic heterocycles. The van der Waals surface area contributed by atoms with E-state index in [9.17, 15) is 27.6 Å². The van der Waals surface area contributed by atoms with Gasteiger partial charge in [0.25, 0.3) is 5.91 Å². The van der Waals surface area contributed by atoms with Crippen LogP contribution in [0.4, 0.5) is 19.1 Å². The number of carbonyl (C=O) groups is 3. The molecule has 4 aromatic rings. The molecule has 2 amide bonds. The van der Waals surface area contributed by atoms with Gasteiger partial charge in [0.1, 0.15) is 0 Å². The topological polar surface area (TPSA) is 104 Å². The van der Waals surface area contributed by atoms with Gasteiger partial charge in [-0.1, -0.05) is 61.5 Å². The molecule has 2 N–H and O–H groups in total. The van der Waals surface area contributed by atoms with Gasteiger partial charge in [-0.25, -0.2) is 9.78 Å². The number of hydrogen-bond acceptors (Lipinski definition) is 5. The Morgan fingerprint density at radius 2 is 1.76 bits per heavy atom. The van der Waals surface area contributed by atoms with Crippen molar-refractivity contribution in [2.45, 2.75) is 31.8 Å². The van der Waals surface area contributed by atoms with Crippen molar-refractivity contribution in [2.75, 3.05) is 5.32 Å². The van der Waals surface area contributed by atoms with Crippen LogP contribution in [-0.4, -0.2) is 38.8 Å². The van der Waals surface area contributed by atoms with Crippen LogP contribution in [0, 0.1) is 0 Å². The van der Waals surface area contributed by atoms with Crippen LogP contribution in [0.15, 0.2) is 72.8 Å². The van der Waals surface area contributed by atoms with E-state index in [1.54, 1.807) is 49.4 Å². The number of aromatic amines is 1. The number of aromatic nitrogens is 2. The lowest BCUT2D eigenvalue weighted by molar-refractivity contribution is -0.222. The van der Waals surface area contributed by atoms with E-state index in [0.29, 0.717) is 11.1 Å². The van der Waals surface area contributed by atoms with Crippen LogP contribution in [0.1, 0.15) is 40.4 Å². The van der Waals surface area contributed by atoms with Crippen LogP contribution < -0.4 is 5.32 Å². The lowest BCUT2D eigenvalue weighted by Gasteiger charge is -2.39. The van der Waals surface area contributed by atoms with Crippen LogP contribution in [0.5, 0.6) is 0 Å². The molecular weight excluding hydrogens is 501 g/mol. The van der Waals surface area contributed by atoms with Crippen molar-refractivity contribution in [3.63, 3.8) is 0 Å². The number of carbonyl (C=O) groups excluding carboxylic acids is 3. The minimum Gasteiger partial charge on any atom is -0.423 e. The zero-order chi connectivity index (χ0) is 27.1. The van der Waals surface area contributed by atoms with Gasteiger partial charge < -0.3 is 9.72 Å². The minimum absolute atomic E-state index is 0.0803. The Morgan fingerprint density at radius 1 is 1.05 bits per heavy atom. The maximum Gasteiger partial charge on any atom is 0.491 e. The summed E-state index contributed by atoms with van der Waals surface area (Å²) >= 11 is 0. The Hall–Kier alpha value is -4.67. The number of benzene rings is 3. The Morgan fingerprint density at radius 3 is 2.47 bits per heavy atom. The fraction of sp³-hybridized carbons (Fsp3) is 0.185. The van der Waals surface area contributed by atoms with E-state index in [4.69, 9.17) is 4.74 Å². The molecule has 0 fully saturated rings. The van der Waals surface area contributed by atoms with E-state index >= 15 is 0 Å². The summed E-state index contributed by atoms with van der Waals surface area (Å²) in [5, 5.41) is 2.59. The molecule has 0 bridgehead atoms. The molecule has 1 unspecified atom stereocenters. The first-order valence-corrected chi connectivity index (χ1v) is 11.7. The summed E-state index contributed by atoms with van der Waals surface area (Å²) in [6, 6.07) is 19.2. The number of imidazole rings is 1. The number of H-pyrrole nitrogens is 1. The van der Waals surface area contributed by atoms with Gasteiger partial charge in [0.2, 0.25) is 17.6 Å². The lowest BCUT2D eigenvalue weighted by atomic mass is 9.92. The summed E-state index contributed by atoms with van der Waals surface area (Å²) in [5.41, 5.74) is -0.583. The second-order valence-corrected chi connectivity index (χ2v) is 8.67. The number of amides is 2. The highest BCUT2D eigenvalue weighted by molar-refractivity contribution is 6.01.